The first-order valence-electron chi connectivity index (χ1n) is 20.6. The van der Waals surface area contributed by atoms with Gasteiger partial charge in [-0.2, -0.15) is 26.3 Å². The van der Waals surface area contributed by atoms with Crippen LogP contribution in [0.15, 0.2) is 59.3 Å². The van der Waals surface area contributed by atoms with Gasteiger partial charge in [-0.3, -0.25) is 29.8 Å². The van der Waals surface area contributed by atoms with Gasteiger partial charge in [0.15, 0.2) is 0 Å². The number of hydrogen-bond donors (Lipinski definition) is 2. The van der Waals surface area contributed by atoms with Crippen molar-refractivity contribution in [2.45, 2.75) is 49.9 Å². The Morgan fingerprint density at radius 1 is 0.647 bits per heavy atom. The number of nitrogens with one attached hydrogen (secondary N) is 2. The van der Waals surface area contributed by atoms with Gasteiger partial charge in [-0.05, 0) is 61.8 Å². The Bertz CT molecular complexity index is 2800. The van der Waals surface area contributed by atoms with Crippen LogP contribution in [0.25, 0.3) is 20.4 Å². The third-order valence-electron chi connectivity index (χ3n) is 11.9. The number of nitrogens with zero attached hydrogens (tertiary/aromatic N) is 6. The van der Waals surface area contributed by atoms with Crippen LogP contribution in [0.4, 0.5) is 54.1 Å². The molecule has 356 valence electrons. The van der Waals surface area contributed by atoms with Crippen LogP contribution < -0.4 is 29.9 Å². The van der Waals surface area contributed by atoms with Crippen LogP contribution in [0.3, 0.4) is 0 Å². The molecule has 0 spiro atoms. The number of aromatic nitrogens is 2. The van der Waals surface area contributed by atoms with Crippen LogP contribution in [-0.2, 0) is 12.4 Å². The molecule has 0 aliphatic carbocycles. The summed E-state index contributed by atoms with van der Waals surface area (Å²) < 4.78 is 96.5. The maximum absolute atomic E-state index is 14.3. The molecule has 2 saturated heterocycles. The number of halogens is 6. The molecule has 68 heavy (non-hydrogen) atoms. The Kier molecular flexibility index (Phi) is 12.9. The topological polar surface area (TPSA) is 212 Å². The van der Waals surface area contributed by atoms with Crippen molar-refractivity contribution in [2.24, 2.45) is 0 Å². The number of non-ortho nitro benzene ring substituents is 2. The number of fused-ring (bicyclic) bond motifs is 2. The number of nitro groups is 2. The smallest absolute Gasteiger partial charge is 0.394 e. The minimum absolute atomic E-state index is 0.0166. The number of benzene rings is 2. The summed E-state index contributed by atoms with van der Waals surface area (Å²) in [7, 11) is 2.69. The van der Waals surface area contributed by atoms with Crippen molar-refractivity contribution in [3.63, 3.8) is 0 Å². The van der Waals surface area contributed by atoms with Gasteiger partial charge in [-0.25, -0.2) is 14.8 Å². The lowest BCUT2D eigenvalue weighted by Crippen LogP contribution is -2.34. The molecule has 2 N–H and O–H groups in total. The van der Waals surface area contributed by atoms with Gasteiger partial charge in [0, 0.05) is 86.4 Å². The highest BCUT2D eigenvalue weighted by molar-refractivity contribution is 7.18. The van der Waals surface area contributed by atoms with E-state index in [-0.39, 0.29) is 129 Å². The number of thiophene rings is 2. The Morgan fingerprint density at radius 3 is 1.34 bits per heavy atom. The van der Waals surface area contributed by atoms with Crippen molar-refractivity contribution in [1.29, 1.82) is 0 Å². The zero-order valence-electron chi connectivity index (χ0n) is 35.5. The highest BCUT2D eigenvalue weighted by atomic mass is 32.1. The lowest BCUT2D eigenvalue weighted by atomic mass is 9.88. The molecule has 2 aliphatic rings. The first-order valence-corrected chi connectivity index (χ1v) is 22.4. The number of hydrogen-bond acceptors (Lipinski definition) is 15. The predicted octanol–water partition coefficient (Wildman–Crippen LogP) is 9.82. The van der Waals surface area contributed by atoms with Crippen molar-refractivity contribution >= 4 is 84.1 Å². The van der Waals surface area contributed by atoms with E-state index in [4.69, 9.17) is 9.47 Å². The van der Waals surface area contributed by atoms with E-state index in [1.165, 1.54) is 49.1 Å². The lowest BCUT2D eigenvalue weighted by molar-refractivity contribution is -0.385. The largest absolute Gasteiger partial charge is 0.519 e. The summed E-state index contributed by atoms with van der Waals surface area (Å²) >= 11 is 1.50. The molecular weight excluding hydrogens is 951 g/mol. The highest BCUT2D eigenvalue weighted by Gasteiger charge is 2.38. The van der Waals surface area contributed by atoms with Gasteiger partial charge < -0.3 is 29.9 Å². The number of nitro benzene ring substituents is 2. The number of rotatable bonds is 10. The highest BCUT2D eigenvalue weighted by Crippen LogP contribution is 2.45. The van der Waals surface area contributed by atoms with Gasteiger partial charge in [0.1, 0.15) is 23.1 Å². The van der Waals surface area contributed by atoms with Crippen LogP contribution in [-0.4, -0.2) is 78.1 Å². The molecule has 0 unspecified atom stereocenters. The number of carbonyl (C=O) groups is 3. The molecule has 4 aromatic heterocycles. The average molecular weight is 987 g/mol. The molecule has 25 heteroatoms. The normalized spacial score (nSPS) is 15.1. The van der Waals surface area contributed by atoms with Crippen LogP contribution in [0, 0.1) is 20.2 Å². The number of alkyl halides is 6. The fraction of sp³-hybridized carbons (Fsp3) is 0.326. The third-order valence-corrected chi connectivity index (χ3v) is 13.9. The molecule has 6 aromatic rings. The molecule has 17 nitrogen and oxygen atoms in total. The molecule has 2 aliphatic heterocycles. The molecule has 8 rings (SSSR count). The van der Waals surface area contributed by atoms with Crippen molar-refractivity contribution in [3.05, 3.63) is 113 Å². The quantitative estimate of drug-likeness (QED) is 0.0431. The van der Waals surface area contributed by atoms with E-state index in [2.05, 4.69) is 20.6 Å². The maximum Gasteiger partial charge on any atom is 0.519 e. The Balaban J connectivity index is 1.01. The first kappa shape index (κ1) is 47.3. The molecule has 6 heterocycles. The van der Waals surface area contributed by atoms with Crippen LogP contribution in [0.2, 0.25) is 0 Å². The van der Waals surface area contributed by atoms with E-state index in [0.29, 0.717) is 0 Å². The minimum Gasteiger partial charge on any atom is -0.394 e. The third kappa shape index (κ3) is 9.39. The second-order valence-electron chi connectivity index (χ2n) is 15.8. The van der Waals surface area contributed by atoms with Crippen LogP contribution in [0.1, 0.15) is 80.5 Å². The summed E-state index contributed by atoms with van der Waals surface area (Å²) in [5, 5.41) is 31.2. The summed E-state index contributed by atoms with van der Waals surface area (Å²) in [6.45, 7) is 0.487. The minimum atomic E-state index is -4.76. The Labute approximate surface area is 388 Å². The van der Waals surface area contributed by atoms with Gasteiger partial charge in [0.05, 0.1) is 52.5 Å². The second-order valence-corrected chi connectivity index (χ2v) is 17.6. The van der Waals surface area contributed by atoms with Crippen molar-refractivity contribution in [3.8, 4) is 11.5 Å². The average Bonchev–Trinajstić information content (AvgIpc) is 3.95. The molecule has 2 aromatic carbocycles. The molecule has 2 fully saturated rings. The van der Waals surface area contributed by atoms with Crippen molar-refractivity contribution in [2.75, 3.05) is 50.1 Å². The Hall–Kier alpha value is -7.15. The lowest BCUT2D eigenvalue weighted by Gasteiger charge is -2.34. The fourth-order valence-corrected chi connectivity index (χ4v) is 10.5. The molecule has 0 saturated carbocycles. The number of pyridine rings is 2. The zero-order valence-corrected chi connectivity index (χ0v) is 37.2. The van der Waals surface area contributed by atoms with Gasteiger partial charge in [0.25, 0.3) is 23.2 Å². The predicted molar refractivity (Wildman–Crippen MR) is 237 cm³/mol. The van der Waals surface area contributed by atoms with Crippen LogP contribution >= 0.6 is 22.7 Å². The van der Waals surface area contributed by atoms with Crippen molar-refractivity contribution < 1.29 is 60.0 Å². The van der Waals surface area contributed by atoms with Gasteiger partial charge in [0.2, 0.25) is 0 Å². The van der Waals surface area contributed by atoms with Crippen LogP contribution in [0.5, 0.6) is 11.5 Å². The first-order chi connectivity index (χ1) is 32.2. The van der Waals surface area contributed by atoms with E-state index in [0.717, 1.165) is 46.9 Å². The maximum atomic E-state index is 14.3. The summed E-state index contributed by atoms with van der Waals surface area (Å²) in [4.78, 5) is 73.1. The fourth-order valence-electron chi connectivity index (χ4n) is 8.49. The number of amides is 2. The van der Waals surface area contributed by atoms with Gasteiger partial charge in [-0.1, -0.05) is 0 Å². The van der Waals surface area contributed by atoms with E-state index >= 15 is 0 Å². The molecular formula is C43H36F6N8O9S2. The Morgan fingerprint density at radius 2 is 1.01 bits per heavy atom. The van der Waals surface area contributed by atoms with Crippen molar-refractivity contribution in [1.82, 2.24) is 20.6 Å². The second kappa shape index (κ2) is 18.5. The number of ether oxygens (including phenoxy) is 2. The summed E-state index contributed by atoms with van der Waals surface area (Å²) in [6, 6.07) is 8.92. The summed E-state index contributed by atoms with van der Waals surface area (Å²) in [6.07, 6.45) is -9.96. The molecule has 0 radical (unpaired) electrons. The number of carbonyl (C=O) groups excluding carboxylic acids is 3. The molecule has 2 amide bonds. The summed E-state index contributed by atoms with van der Waals surface area (Å²) in [5.74, 6) is -2.53. The van der Waals surface area contributed by atoms with E-state index in [1.807, 2.05) is 0 Å². The van der Waals surface area contributed by atoms with E-state index < -0.39 is 63.1 Å². The SMILES string of the molecule is CNC(=O)c1csc2c(C(F)(F)F)cc(N3CCC(c4cc([N+](=O)[O-])ccc4OC(=O)Oc4ccc([N+](=O)[O-])cc4C4CCN(c5cc(C(F)(F)F)c6scc(C(=O)NC)c6n5)CC4)CC3)nc12. The summed E-state index contributed by atoms with van der Waals surface area (Å²) in [5.41, 5.74) is -2.37. The monoisotopic (exact) mass is 986 g/mol. The van der Waals surface area contributed by atoms with Gasteiger partial charge >= 0.3 is 18.5 Å². The number of piperidine rings is 2. The van der Waals surface area contributed by atoms with Gasteiger partial charge in [-0.15, -0.1) is 22.7 Å². The van der Waals surface area contributed by atoms with E-state index in [1.54, 1.807) is 9.80 Å². The standard InChI is InChI=1S/C43H36F6N8O9S2/c1-50-39(58)27-19-67-37-29(42(44,45)46)17-33(52-35(27)37)54-11-7-21(8-12-54)25-15-23(56(61)62)3-5-31(25)65-41(60)66-32-6-4-24(57(63)64)16-26(32)22-9-13-55(14-10-22)34-18-30(43(47,48)49)38-36(53-34)28(20-68-38)40(59)51-2/h3-6,15-22H,7-14H2,1-2H3,(H,50,58)(H,51,59). The zero-order chi connectivity index (χ0) is 48.8. The molecule has 0 bridgehead atoms. The van der Waals surface area contributed by atoms with E-state index in [9.17, 15) is 61.0 Å². The number of anilines is 2. The molecule has 0 atom stereocenters.